The van der Waals surface area contributed by atoms with Gasteiger partial charge in [0.15, 0.2) is 0 Å². The van der Waals surface area contributed by atoms with Gasteiger partial charge in [0.05, 0.1) is 18.8 Å². The highest BCUT2D eigenvalue weighted by molar-refractivity contribution is 5.74. The first-order chi connectivity index (χ1) is 11.7. The molecule has 0 saturated carbocycles. The molecule has 1 saturated heterocycles. The third-order valence-corrected chi connectivity index (χ3v) is 4.11. The lowest BCUT2D eigenvalue weighted by Gasteiger charge is -2.29. The largest absolute Gasteiger partial charge is 0.493 e. The molecule has 1 aliphatic rings. The van der Waals surface area contributed by atoms with Crippen LogP contribution in [0.25, 0.3) is 0 Å². The Morgan fingerprint density at radius 2 is 2.25 bits per heavy atom. The Bertz CT molecular complexity index is 510. The van der Waals surface area contributed by atoms with Gasteiger partial charge in [-0.3, -0.25) is 0 Å². The summed E-state index contributed by atoms with van der Waals surface area (Å²) < 4.78 is 5.74. The lowest BCUT2D eigenvalue weighted by molar-refractivity contribution is 0.106. The Morgan fingerprint density at radius 1 is 1.42 bits per heavy atom. The Hall–Kier alpha value is -1.79. The number of amides is 2. The lowest BCUT2D eigenvalue weighted by atomic mass is 10.0. The van der Waals surface area contributed by atoms with Crippen LogP contribution in [0.2, 0.25) is 0 Å². The van der Waals surface area contributed by atoms with Crippen molar-refractivity contribution in [1.82, 2.24) is 16.0 Å². The van der Waals surface area contributed by atoms with Gasteiger partial charge in [-0.25, -0.2) is 4.79 Å². The van der Waals surface area contributed by atoms with E-state index < -0.39 is 6.10 Å². The van der Waals surface area contributed by atoms with E-state index in [2.05, 4.69) is 28.9 Å². The average molecular weight is 335 g/mol. The molecule has 2 atom stereocenters. The summed E-state index contributed by atoms with van der Waals surface area (Å²) in [6, 6.07) is 7.66. The van der Waals surface area contributed by atoms with Crippen LogP contribution < -0.4 is 20.7 Å². The van der Waals surface area contributed by atoms with E-state index in [9.17, 15) is 9.90 Å². The summed E-state index contributed by atoms with van der Waals surface area (Å²) in [5.74, 6) is 0.932. The van der Waals surface area contributed by atoms with Crippen molar-refractivity contribution in [3.05, 3.63) is 29.8 Å². The predicted molar refractivity (Wildman–Crippen MR) is 94.4 cm³/mol. The molecule has 0 spiro atoms. The highest BCUT2D eigenvalue weighted by Gasteiger charge is 2.23. The maximum Gasteiger partial charge on any atom is 0.315 e. The molecule has 0 bridgehead atoms. The van der Waals surface area contributed by atoms with Crippen LogP contribution in [-0.2, 0) is 6.42 Å². The Morgan fingerprint density at radius 3 is 3.04 bits per heavy atom. The number of piperidine rings is 1. The summed E-state index contributed by atoms with van der Waals surface area (Å²) >= 11 is 0. The van der Waals surface area contributed by atoms with Crippen molar-refractivity contribution in [2.45, 2.75) is 44.8 Å². The number of benzene rings is 1. The van der Waals surface area contributed by atoms with Crippen LogP contribution in [0.4, 0.5) is 4.79 Å². The van der Waals surface area contributed by atoms with E-state index in [1.54, 1.807) is 0 Å². The van der Waals surface area contributed by atoms with Crippen LogP contribution in [0.1, 0.15) is 31.7 Å². The zero-order valence-corrected chi connectivity index (χ0v) is 14.4. The summed E-state index contributed by atoms with van der Waals surface area (Å²) in [5.41, 5.74) is 1.17. The van der Waals surface area contributed by atoms with Gasteiger partial charge >= 0.3 is 6.03 Å². The van der Waals surface area contributed by atoms with E-state index in [1.807, 2.05) is 18.2 Å². The van der Waals surface area contributed by atoms with Crippen molar-refractivity contribution in [1.29, 1.82) is 0 Å². The molecule has 0 unspecified atom stereocenters. The van der Waals surface area contributed by atoms with Gasteiger partial charge in [-0.2, -0.15) is 0 Å². The van der Waals surface area contributed by atoms with Gasteiger partial charge in [-0.05, 0) is 43.9 Å². The van der Waals surface area contributed by atoms with Gasteiger partial charge in [0.25, 0.3) is 0 Å². The van der Waals surface area contributed by atoms with E-state index in [0.29, 0.717) is 13.1 Å². The number of ether oxygens (including phenoxy) is 1. The fourth-order valence-corrected chi connectivity index (χ4v) is 2.77. The SMILES string of the molecule is CCCOc1ccccc1CCCNC(=O)N[C@@H]1CCNC[C@H]1O. The zero-order chi connectivity index (χ0) is 17.2. The van der Waals surface area contributed by atoms with Crippen molar-refractivity contribution in [3.63, 3.8) is 0 Å². The fourth-order valence-electron chi connectivity index (χ4n) is 2.77. The number of urea groups is 1. The molecular formula is C18H29N3O3. The molecule has 0 aliphatic carbocycles. The number of β-amino-alcohol motifs (C(OH)–C–C–N with tert-alkyl or cyclic N) is 1. The molecule has 1 aromatic rings. The summed E-state index contributed by atoms with van der Waals surface area (Å²) in [6.45, 7) is 4.74. The minimum Gasteiger partial charge on any atom is -0.493 e. The first kappa shape index (κ1) is 18.5. The third kappa shape index (κ3) is 6.02. The number of hydrogen-bond acceptors (Lipinski definition) is 4. The van der Waals surface area contributed by atoms with Crippen LogP contribution in [0, 0.1) is 0 Å². The molecule has 4 N–H and O–H groups in total. The molecule has 24 heavy (non-hydrogen) atoms. The zero-order valence-electron chi connectivity index (χ0n) is 14.4. The van der Waals surface area contributed by atoms with Gasteiger partial charge in [-0.1, -0.05) is 25.1 Å². The number of hydrogen-bond donors (Lipinski definition) is 4. The first-order valence-corrected chi connectivity index (χ1v) is 8.84. The number of aryl methyl sites for hydroxylation is 1. The molecule has 1 aliphatic heterocycles. The Kier molecular flexibility index (Phi) is 7.85. The second-order valence-electron chi connectivity index (χ2n) is 6.13. The third-order valence-electron chi connectivity index (χ3n) is 4.11. The quantitative estimate of drug-likeness (QED) is 0.542. The van der Waals surface area contributed by atoms with Gasteiger partial charge < -0.3 is 25.8 Å². The van der Waals surface area contributed by atoms with Crippen molar-refractivity contribution in [2.24, 2.45) is 0 Å². The van der Waals surface area contributed by atoms with Crippen LogP contribution >= 0.6 is 0 Å². The fraction of sp³-hybridized carbons (Fsp3) is 0.611. The molecule has 0 radical (unpaired) electrons. The van der Waals surface area contributed by atoms with Crippen LogP contribution in [0.5, 0.6) is 5.75 Å². The summed E-state index contributed by atoms with van der Waals surface area (Å²) in [6.07, 6.45) is 2.91. The van der Waals surface area contributed by atoms with Crippen molar-refractivity contribution >= 4 is 6.03 Å². The normalized spacial score (nSPS) is 20.4. The minimum atomic E-state index is -0.521. The summed E-state index contributed by atoms with van der Waals surface area (Å²) in [4.78, 5) is 11.9. The molecule has 134 valence electrons. The smallest absolute Gasteiger partial charge is 0.315 e. The first-order valence-electron chi connectivity index (χ1n) is 8.84. The van der Waals surface area contributed by atoms with E-state index in [0.717, 1.165) is 44.6 Å². The van der Waals surface area contributed by atoms with Crippen LogP contribution in [-0.4, -0.2) is 49.5 Å². The number of nitrogens with one attached hydrogen (secondary N) is 3. The molecule has 6 heteroatoms. The minimum absolute atomic E-state index is 0.172. The Labute approximate surface area is 144 Å². The second-order valence-corrected chi connectivity index (χ2v) is 6.13. The van der Waals surface area contributed by atoms with E-state index in [4.69, 9.17) is 4.74 Å². The van der Waals surface area contributed by atoms with Crippen LogP contribution in [0.3, 0.4) is 0 Å². The highest BCUT2D eigenvalue weighted by atomic mass is 16.5. The van der Waals surface area contributed by atoms with E-state index in [1.165, 1.54) is 5.56 Å². The molecule has 2 amide bonds. The number of carbonyl (C=O) groups excluding carboxylic acids is 1. The molecule has 1 heterocycles. The number of para-hydroxylation sites is 1. The molecule has 1 aromatic carbocycles. The standard InChI is InChI=1S/C18H29N3O3/c1-2-12-24-17-8-4-3-6-14(17)7-5-10-20-18(23)21-15-9-11-19-13-16(15)22/h3-4,6,8,15-16,19,22H,2,5,7,9-13H2,1H3,(H2,20,21,23)/t15-,16-/m1/s1. The van der Waals surface area contributed by atoms with Gasteiger partial charge in [0.1, 0.15) is 5.75 Å². The monoisotopic (exact) mass is 335 g/mol. The summed E-state index contributed by atoms with van der Waals surface area (Å²) in [7, 11) is 0. The topological polar surface area (TPSA) is 82.6 Å². The maximum absolute atomic E-state index is 11.9. The van der Waals surface area contributed by atoms with Crippen molar-refractivity contribution < 1.29 is 14.6 Å². The number of aliphatic hydroxyl groups is 1. The maximum atomic E-state index is 11.9. The molecule has 2 rings (SSSR count). The van der Waals surface area contributed by atoms with Gasteiger partial charge in [0.2, 0.25) is 0 Å². The highest BCUT2D eigenvalue weighted by Crippen LogP contribution is 2.19. The van der Waals surface area contributed by atoms with Gasteiger partial charge in [0, 0.05) is 13.1 Å². The van der Waals surface area contributed by atoms with Crippen molar-refractivity contribution in [2.75, 3.05) is 26.2 Å². The Balaban J connectivity index is 1.68. The average Bonchev–Trinajstić information content (AvgIpc) is 2.60. The predicted octanol–water partition coefficient (Wildman–Crippen LogP) is 1.43. The second kappa shape index (κ2) is 10.2. The molecular weight excluding hydrogens is 306 g/mol. The van der Waals surface area contributed by atoms with E-state index >= 15 is 0 Å². The number of carbonyl (C=O) groups is 1. The van der Waals surface area contributed by atoms with Crippen molar-refractivity contribution in [3.8, 4) is 5.75 Å². The molecule has 6 nitrogen and oxygen atoms in total. The number of rotatable bonds is 8. The molecule has 0 aromatic heterocycles. The summed E-state index contributed by atoms with van der Waals surface area (Å²) in [5, 5.41) is 18.6. The van der Waals surface area contributed by atoms with E-state index in [-0.39, 0.29) is 12.1 Å². The van der Waals surface area contributed by atoms with Gasteiger partial charge in [-0.15, -0.1) is 0 Å². The number of aliphatic hydroxyl groups excluding tert-OH is 1. The van der Waals surface area contributed by atoms with Crippen LogP contribution in [0.15, 0.2) is 24.3 Å². The molecule has 1 fully saturated rings. The lowest BCUT2D eigenvalue weighted by Crippen LogP contribution is -2.54.